The molecule has 2 atom stereocenters. The summed E-state index contributed by atoms with van der Waals surface area (Å²) in [7, 11) is 0. The van der Waals surface area contributed by atoms with Gasteiger partial charge in [-0.1, -0.05) is 19.1 Å². The minimum absolute atomic E-state index is 0.243. The van der Waals surface area contributed by atoms with Crippen molar-refractivity contribution in [2.45, 2.75) is 38.4 Å². The highest BCUT2D eigenvalue weighted by atomic mass is 16.3. The smallest absolute Gasteiger partial charge is 0.0677 e. The first-order chi connectivity index (χ1) is 7.08. The second kappa shape index (κ2) is 6.77. The fourth-order valence-electron chi connectivity index (χ4n) is 1.80. The van der Waals surface area contributed by atoms with Crippen molar-refractivity contribution >= 4 is 0 Å². The Labute approximate surface area is 91.8 Å². The highest BCUT2D eigenvalue weighted by Gasteiger charge is 2.41. The molecule has 0 aromatic heterocycles. The lowest BCUT2D eigenvalue weighted by molar-refractivity contribution is -0.0989. The summed E-state index contributed by atoms with van der Waals surface area (Å²) >= 11 is 0. The Bertz CT molecular complexity index is 179. The number of hydrogen-bond donors (Lipinski definition) is 3. The first-order valence-corrected chi connectivity index (χ1v) is 5.27. The molecule has 0 saturated heterocycles. The van der Waals surface area contributed by atoms with Gasteiger partial charge in [0.1, 0.15) is 0 Å². The molecule has 0 rings (SSSR count). The van der Waals surface area contributed by atoms with Gasteiger partial charge in [-0.15, -0.1) is 13.2 Å². The van der Waals surface area contributed by atoms with Gasteiger partial charge in [-0.2, -0.15) is 0 Å². The summed E-state index contributed by atoms with van der Waals surface area (Å²) in [6.45, 7) is 8.69. The van der Waals surface area contributed by atoms with Gasteiger partial charge in [0.05, 0.1) is 18.8 Å². The normalized spacial score (nSPS) is 18.9. The van der Waals surface area contributed by atoms with Crippen molar-refractivity contribution in [1.82, 2.24) is 0 Å². The van der Waals surface area contributed by atoms with E-state index in [4.69, 9.17) is 0 Å². The molecular weight excluding hydrogens is 192 g/mol. The van der Waals surface area contributed by atoms with E-state index in [1.165, 1.54) is 0 Å². The number of aliphatic hydroxyl groups excluding tert-OH is 3. The van der Waals surface area contributed by atoms with E-state index in [9.17, 15) is 15.3 Å². The standard InChI is InChI=1S/C12H22O3/c1-4-7-10(14)12(6-3,9-13)11(15)8-5-2/h4-5,10-11,13-15H,1-2,6-9H2,3H3. The van der Waals surface area contributed by atoms with Gasteiger partial charge in [-0.25, -0.2) is 0 Å². The fourth-order valence-corrected chi connectivity index (χ4v) is 1.80. The van der Waals surface area contributed by atoms with Crippen LogP contribution in [-0.4, -0.2) is 34.1 Å². The number of aliphatic hydroxyl groups is 3. The average Bonchev–Trinajstić information content (AvgIpc) is 2.21. The lowest BCUT2D eigenvalue weighted by Gasteiger charge is -2.39. The summed E-state index contributed by atoms with van der Waals surface area (Å²) in [5, 5.41) is 29.2. The zero-order valence-electron chi connectivity index (χ0n) is 9.39. The van der Waals surface area contributed by atoms with Crippen molar-refractivity contribution in [2.24, 2.45) is 5.41 Å². The van der Waals surface area contributed by atoms with E-state index in [1.807, 2.05) is 6.92 Å². The zero-order chi connectivity index (χ0) is 11.9. The van der Waals surface area contributed by atoms with Gasteiger partial charge in [0, 0.05) is 5.41 Å². The van der Waals surface area contributed by atoms with Gasteiger partial charge in [0.15, 0.2) is 0 Å². The van der Waals surface area contributed by atoms with Gasteiger partial charge in [0.25, 0.3) is 0 Å². The second-order valence-electron chi connectivity index (χ2n) is 3.83. The molecule has 3 heteroatoms. The molecule has 0 radical (unpaired) electrons. The van der Waals surface area contributed by atoms with Crippen LogP contribution < -0.4 is 0 Å². The highest BCUT2D eigenvalue weighted by molar-refractivity contribution is 4.96. The summed E-state index contributed by atoms with van der Waals surface area (Å²) in [5.41, 5.74) is -0.873. The zero-order valence-corrected chi connectivity index (χ0v) is 9.39. The third-order valence-electron chi connectivity index (χ3n) is 3.06. The van der Waals surface area contributed by atoms with Crippen LogP contribution in [0.3, 0.4) is 0 Å². The molecule has 0 saturated carbocycles. The maximum absolute atomic E-state index is 9.93. The van der Waals surface area contributed by atoms with Gasteiger partial charge >= 0.3 is 0 Å². The third-order valence-corrected chi connectivity index (χ3v) is 3.06. The molecule has 2 unspecified atom stereocenters. The molecule has 0 aromatic rings. The van der Waals surface area contributed by atoms with Crippen molar-refractivity contribution in [2.75, 3.05) is 6.61 Å². The van der Waals surface area contributed by atoms with Crippen LogP contribution in [0, 0.1) is 5.41 Å². The molecule has 0 aliphatic carbocycles. The molecule has 88 valence electrons. The van der Waals surface area contributed by atoms with Crippen LogP contribution in [0.1, 0.15) is 26.2 Å². The van der Waals surface area contributed by atoms with Crippen molar-refractivity contribution in [1.29, 1.82) is 0 Å². The lowest BCUT2D eigenvalue weighted by Crippen LogP contribution is -2.47. The maximum atomic E-state index is 9.93. The molecule has 0 aromatic carbocycles. The molecule has 3 nitrogen and oxygen atoms in total. The van der Waals surface area contributed by atoms with Crippen molar-refractivity contribution in [3.05, 3.63) is 25.3 Å². The summed E-state index contributed by atoms with van der Waals surface area (Å²) in [4.78, 5) is 0. The molecule has 0 amide bonds. The average molecular weight is 214 g/mol. The van der Waals surface area contributed by atoms with Crippen molar-refractivity contribution in [3.8, 4) is 0 Å². The third kappa shape index (κ3) is 3.16. The number of hydrogen-bond acceptors (Lipinski definition) is 3. The Balaban J connectivity index is 4.83. The van der Waals surface area contributed by atoms with Gasteiger partial charge in [0.2, 0.25) is 0 Å². The largest absolute Gasteiger partial charge is 0.396 e. The summed E-state index contributed by atoms with van der Waals surface area (Å²) < 4.78 is 0. The van der Waals surface area contributed by atoms with E-state index in [1.54, 1.807) is 12.2 Å². The van der Waals surface area contributed by atoms with E-state index in [0.29, 0.717) is 19.3 Å². The molecule has 0 aliphatic rings. The monoisotopic (exact) mass is 214 g/mol. The molecule has 0 aliphatic heterocycles. The minimum Gasteiger partial charge on any atom is -0.396 e. The van der Waals surface area contributed by atoms with Crippen LogP contribution in [0.4, 0.5) is 0 Å². The highest BCUT2D eigenvalue weighted by Crippen LogP contribution is 2.34. The van der Waals surface area contributed by atoms with Crippen LogP contribution in [0.15, 0.2) is 25.3 Å². The number of rotatable bonds is 8. The minimum atomic E-state index is -0.873. The topological polar surface area (TPSA) is 60.7 Å². The van der Waals surface area contributed by atoms with Crippen LogP contribution in [-0.2, 0) is 0 Å². The van der Waals surface area contributed by atoms with Crippen molar-refractivity contribution in [3.63, 3.8) is 0 Å². The van der Waals surface area contributed by atoms with Gasteiger partial charge in [-0.3, -0.25) is 0 Å². The molecule has 3 N–H and O–H groups in total. The van der Waals surface area contributed by atoms with E-state index in [-0.39, 0.29) is 6.61 Å². The van der Waals surface area contributed by atoms with E-state index < -0.39 is 17.6 Å². The predicted molar refractivity (Wildman–Crippen MR) is 61.5 cm³/mol. The van der Waals surface area contributed by atoms with E-state index in [0.717, 1.165) is 0 Å². The van der Waals surface area contributed by atoms with Gasteiger partial charge in [-0.05, 0) is 19.3 Å². The summed E-state index contributed by atoms with van der Waals surface area (Å²) in [6.07, 6.45) is 2.86. The lowest BCUT2D eigenvalue weighted by atomic mass is 9.73. The first-order valence-electron chi connectivity index (χ1n) is 5.27. The van der Waals surface area contributed by atoms with E-state index in [2.05, 4.69) is 13.2 Å². The predicted octanol–water partition coefficient (Wildman–Crippen LogP) is 1.25. The van der Waals surface area contributed by atoms with Crippen molar-refractivity contribution < 1.29 is 15.3 Å². The van der Waals surface area contributed by atoms with Gasteiger partial charge < -0.3 is 15.3 Å². The molecule has 0 spiro atoms. The van der Waals surface area contributed by atoms with Crippen LogP contribution >= 0.6 is 0 Å². The molecule has 0 fully saturated rings. The maximum Gasteiger partial charge on any atom is 0.0677 e. The van der Waals surface area contributed by atoms with E-state index >= 15 is 0 Å². The molecular formula is C12H22O3. The molecule has 15 heavy (non-hydrogen) atoms. The Morgan fingerprint density at radius 1 is 1.13 bits per heavy atom. The van der Waals surface area contributed by atoms with Crippen LogP contribution in [0.25, 0.3) is 0 Å². The summed E-state index contributed by atoms with van der Waals surface area (Å²) in [5.74, 6) is 0. The first kappa shape index (κ1) is 14.4. The molecule has 0 bridgehead atoms. The Hall–Kier alpha value is -0.640. The Kier molecular flexibility index (Phi) is 6.48. The fraction of sp³-hybridized carbons (Fsp3) is 0.667. The summed E-state index contributed by atoms with van der Waals surface area (Å²) in [6, 6.07) is 0. The quantitative estimate of drug-likeness (QED) is 0.533. The SMILES string of the molecule is C=CCC(O)C(CC)(CO)C(O)CC=C. The second-order valence-corrected chi connectivity index (χ2v) is 3.83. The Morgan fingerprint density at radius 3 is 1.73 bits per heavy atom. The van der Waals surface area contributed by atoms with Crippen LogP contribution in [0.5, 0.6) is 0 Å². The molecule has 0 heterocycles. The van der Waals surface area contributed by atoms with Crippen LogP contribution in [0.2, 0.25) is 0 Å². The Morgan fingerprint density at radius 2 is 1.53 bits per heavy atom.